The fourth-order valence-corrected chi connectivity index (χ4v) is 0.828. The number of alkyl halides is 3. The monoisotopic (exact) mass is 254 g/mol. The number of hydrogen-bond acceptors (Lipinski definition) is 4. The Balaban J connectivity index is 0.000000325. The maximum absolute atomic E-state index is 10.5. The second-order valence-electron chi connectivity index (χ2n) is 3.05. The molecule has 1 aliphatic rings. The minimum atomic E-state index is -5.19. The van der Waals surface area contributed by atoms with Gasteiger partial charge in [-0.05, 0) is 13.8 Å². The molecular weight excluding hydrogens is 241 g/mol. The molecule has 8 heteroatoms. The molecule has 0 aromatic heterocycles. The van der Waals surface area contributed by atoms with Crippen LogP contribution in [0.3, 0.4) is 0 Å². The summed E-state index contributed by atoms with van der Waals surface area (Å²) < 4.78 is 31.5. The van der Waals surface area contributed by atoms with E-state index in [-0.39, 0.29) is 0 Å². The molecule has 0 saturated heterocycles. The van der Waals surface area contributed by atoms with Crippen LogP contribution in [0.1, 0.15) is 20.8 Å². The molecule has 0 fully saturated rings. The predicted molar refractivity (Wildman–Crippen MR) is 50.5 cm³/mol. The number of nitrogens with one attached hydrogen (secondary N) is 1. The van der Waals surface area contributed by atoms with Gasteiger partial charge in [0.2, 0.25) is 6.34 Å². The van der Waals surface area contributed by atoms with Gasteiger partial charge in [0.1, 0.15) is 18.3 Å². The first-order valence-corrected chi connectivity index (χ1v) is 4.70. The highest BCUT2D eigenvalue weighted by Gasteiger charge is 2.28. The van der Waals surface area contributed by atoms with Crippen molar-refractivity contribution in [3.8, 4) is 0 Å². The van der Waals surface area contributed by atoms with E-state index >= 15 is 0 Å². The third-order valence-electron chi connectivity index (χ3n) is 1.82. The van der Waals surface area contributed by atoms with Crippen molar-refractivity contribution in [3.05, 3.63) is 11.4 Å². The lowest BCUT2D eigenvalue weighted by molar-refractivity contribution is -0.977. The van der Waals surface area contributed by atoms with Gasteiger partial charge < -0.3 is 9.90 Å². The number of carboxylic acids is 1. The van der Waals surface area contributed by atoms with E-state index in [0.29, 0.717) is 6.61 Å². The van der Waals surface area contributed by atoms with E-state index in [1.54, 1.807) is 6.34 Å². The van der Waals surface area contributed by atoms with Gasteiger partial charge in [-0.25, -0.2) is 0 Å². The zero-order valence-electron chi connectivity index (χ0n) is 9.59. The van der Waals surface area contributed by atoms with Crippen LogP contribution < -0.4 is 10.2 Å². The van der Waals surface area contributed by atoms with Gasteiger partial charge in [-0.2, -0.15) is 23.0 Å². The lowest BCUT2D eigenvalue weighted by Gasteiger charge is -2.05. The summed E-state index contributed by atoms with van der Waals surface area (Å²) in [5.41, 5.74) is 2.21. The maximum Gasteiger partial charge on any atom is 0.430 e. The summed E-state index contributed by atoms with van der Waals surface area (Å²) in [4.78, 5) is 18.2. The molecule has 0 spiro atoms. The van der Waals surface area contributed by atoms with E-state index < -0.39 is 12.1 Å². The topological polar surface area (TPSA) is 66.2 Å². The van der Waals surface area contributed by atoms with E-state index in [0.717, 1.165) is 16.5 Å². The number of carbonyl (C=O) groups is 1. The van der Waals surface area contributed by atoms with Crippen molar-refractivity contribution < 1.29 is 33.0 Å². The highest BCUT2D eigenvalue weighted by atomic mass is 19.4. The number of carboxylic acid groups (broad SMARTS) is 1. The smallest absolute Gasteiger partial charge is 0.430 e. The molecule has 0 bridgehead atoms. The van der Waals surface area contributed by atoms with Gasteiger partial charge in [0, 0.05) is 6.92 Å². The van der Waals surface area contributed by atoms with Gasteiger partial charge in [-0.3, -0.25) is 0 Å². The summed E-state index contributed by atoms with van der Waals surface area (Å²) in [6.07, 6.45) is -3.42. The zero-order chi connectivity index (χ0) is 13.6. The summed E-state index contributed by atoms with van der Waals surface area (Å²) in [7, 11) is 0. The molecule has 0 aromatic rings. The molecule has 0 aromatic carbocycles. The Kier molecular flexibility index (Phi) is 5.83. The summed E-state index contributed by atoms with van der Waals surface area (Å²) >= 11 is 0. The van der Waals surface area contributed by atoms with Crippen LogP contribution in [-0.2, 0) is 9.63 Å². The van der Waals surface area contributed by atoms with Crippen molar-refractivity contribution in [1.82, 2.24) is 0 Å². The third kappa shape index (κ3) is 5.45. The first-order chi connectivity index (χ1) is 7.70. The number of allylic oxidation sites excluding steroid dienone is 2. The van der Waals surface area contributed by atoms with E-state index in [1.807, 2.05) is 20.8 Å². The van der Waals surface area contributed by atoms with Crippen LogP contribution in [0.5, 0.6) is 0 Å². The highest BCUT2D eigenvalue weighted by Crippen LogP contribution is 2.11. The minimum absolute atomic E-state index is 0.714. The number of halogens is 3. The van der Waals surface area contributed by atoms with Crippen LogP contribution in [0.25, 0.3) is 0 Å². The molecule has 5 nitrogen and oxygen atoms in total. The van der Waals surface area contributed by atoms with Crippen molar-refractivity contribution in [2.75, 3.05) is 6.61 Å². The Hall–Kier alpha value is -1.41. The largest absolute Gasteiger partial charge is 0.542 e. The molecule has 0 amide bonds. The van der Waals surface area contributed by atoms with Gasteiger partial charge in [-0.15, -0.1) is 5.06 Å². The predicted octanol–water partition coefficient (Wildman–Crippen LogP) is -0.585. The standard InChI is InChI=1S/C7H12N2O.C2HF3O2/c1-4-10-9-5-8-6(2)7(9)3;3-2(4,5)1(6)7/h5H,4H2,1-3H3;(H,6,7). The lowest BCUT2D eigenvalue weighted by atomic mass is 10.4. The van der Waals surface area contributed by atoms with E-state index in [9.17, 15) is 13.2 Å². The molecule has 1 atom stereocenters. The second-order valence-corrected chi connectivity index (χ2v) is 3.05. The Morgan fingerprint density at radius 2 is 2.00 bits per heavy atom. The Labute approximate surface area is 96.1 Å². The average Bonchev–Trinajstić information content (AvgIpc) is 2.50. The number of hydroxylamine groups is 2. The van der Waals surface area contributed by atoms with Gasteiger partial charge >= 0.3 is 6.18 Å². The molecule has 1 N–H and O–H groups in total. The van der Waals surface area contributed by atoms with Gasteiger partial charge in [0.25, 0.3) is 0 Å². The molecule has 17 heavy (non-hydrogen) atoms. The molecule has 0 saturated carbocycles. The number of aliphatic carboxylic acids is 1. The van der Waals surface area contributed by atoms with Gasteiger partial charge in [0.15, 0.2) is 5.70 Å². The number of rotatable bonds is 2. The summed E-state index contributed by atoms with van der Waals surface area (Å²) in [5.74, 6) is -3.01. The van der Waals surface area contributed by atoms with Crippen LogP contribution in [-0.4, -0.2) is 25.1 Å². The van der Waals surface area contributed by atoms with E-state index in [1.165, 1.54) is 0 Å². The molecule has 1 heterocycles. The quantitative estimate of drug-likeness (QED) is 0.716. The SMILES string of the molecule is CCO[NH+]1C=NC(C)=C1C.O=C([O-])C(F)(F)F. The molecule has 0 aliphatic carbocycles. The molecule has 1 unspecified atom stereocenters. The minimum Gasteiger partial charge on any atom is -0.542 e. The van der Waals surface area contributed by atoms with Crippen LogP contribution >= 0.6 is 0 Å². The Morgan fingerprint density at radius 1 is 1.53 bits per heavy atom. The summed E-state index contributed by atoms with van der Waals surface area (Å²) in [6, 6.07) is 0. The summed E-state index contributed by atoms with van der Waals surface area (Å²) in [5, 5.41) is 9.70. The highest BCUT2D eigenvalue weighted by molar-refractivity contribution is 5.70. The Bertz CT molecular complexity index is 337. The maximum atomic E-state index is 10.5. The molecular formula is C9H13F3N2O3. The van der Waals surface area contributed by atoms with Crippen LogP contribution in [0.4, 0.5) is 13.2 Å². The van der Waals surface area contributed by atoms with Crippen molar-refractivity contribution in [2.45, 2.75) is 26.9 Å². The molecule has 0 radical (unpaired) electrons. The molecule has 1 aliphatic heterocycles. The third-order valence-corrected chi connectivity index (χ3v) is 1.82. The first kappa shape index (κ1) is 15.6. The van der Waals surface area contributed by atoms with E-state index in [2.05, 4.69) is 4.99 Å². The summed E-state index contributed by atoms with van der Waals surface area (Å²) in [6.45, 7) is 6.69. The van der Waals surface area contributed by atoms with Crippen LogP contribution in [0, 0.1) is 0 Å². The first-order valence-electron chi connectivity index (χ1n) is 4.70. The van der Waals surface area contributed by atoms with Crippen molar-refractivity contribution >= 4 is 12.3 Å². The lowest BCUT2D eigenvalue weighted by Crippen LogP contribution is -3.07. The molecule has 98 valence electrons. The van der Waals surface area contributed by atoms with Crippen LogP contribution in [0.15, 0.2) is 16.4 Å². The number of aliphatic imine (C=N–C) groups is 1. The number of hydrogen-bond donors (Lipinski definition) is 1. The number of carbonyl (C=O) groups excluding carboxylic acids is 1. The Morgan fingerprint density at radius 3 is 2.24 bits per heavy atom. The van der Waals surface area contributed by atoms with Crippen molar-refractivity contribution in [1.29, 1.82) is 0 Å². The second kappa shape index (κ2) is 6.36. The van der Waals surface area contributed by atoms with E-state index in [4.69, 9.17) is 14.7 Å². The fourth-order valence-electron chi connectivity index (χ4n) is 0.828. The zero-order valence-corrected chi connectivity index (χ0v) is 9.59. The average molecular weight is 254 g/mol. The van der Waals surface area contributed by atoms with Gasteiger partial charge in [-0.1, -0.05) is 0 Å². The van der Waals surface area contributed by atoms with Crippen LogP contribution in [0.2, 0.25) is 0 Å². The van der Waals surface area contributed by atoms with Crippen molar-refractivity contribution in [2.24, 2.45) is 4.99 Å². The van der Waals surface area contributed by atoms with Gasteiger partial charge in [0.05, 0.1) is 0 Å². The fraction of sp³-hybridized carbons (Fsp3) is 0.556. The number of nitrogens with zero attached hydrogens (tertiary/aromatic N) is 1. The van der Waals surface area contributed by atoms with Crippen molar-refractivity contribution in [3.63, 3.8) is 0 Å². The molecule has 1 rings (SSSR count). The number of quaternary nitrogens is 1. The normalized spacial score (nSPS) is 19.1.